The number of hydrogen-bond acceptors (Lipinski definition) is 0. The minimum Gasteiger partial charge on any atom is -0.0620 e. The molecular formula is C40H36P2. The van der Waals surface area contributed by atoms with Crippen molar-refractivity contribution in [3.63, 3.8) is 0 Å². The Bertz CT molecular complexity index is 1620. The second-order valence-electron chi connectivity index (χ2n) is 10.9. The Morgan fingerprint density at radius 2 is 0.476 bits per heavy atom. The highest BCUT2D eigenvalue weighted by molar-refractivity contribution is 7.81. The van der Waals surface area contributed by atoms with Crippen LogP contribution in [0, 0.1) is 27.7 Å². The van der Waals surface area contributed by atoms with Crippen molar-refractivity contribution in [1.29, 1.82) is 0 Å². The lowest BCUT2D eigenvalue weighted by atomic mass is 10.1. The predicted octanol–water partition coefficient (Wildman–Crippen LogP) is 8.10. The lowest BCUT2D eigenvalue weighted by molar-refractivity contribution is 1.50. The van der Waals surface area contributed by atoms with Gasteiger partial charge < -0.3 is 0 Å². The summed E-state index contributed by atoms with van der Waals surface area (Å²) in [6, 6.07) is 54.1. The third-order valence-corrected chi connectivity index (χ3v) is 13.7. The van der Waals surface area contributed by atoms with E-state index in [1.807, 2.05) is 0 Å². The van der Waals surface area contributed by atoms with Gasteiger partial charge in [-0.25, -0.2) is 0 Å². The minimum absolute atomic E-state index is 0.777. The van der Waals surface area contributed by atoms with E-state index in [0.717, 1.165) is 0 Å². The van der Waals surface area contributed by atoms with Crippen LogP contribution < -0.4 is 31.8 Å². The predicted molar refractivity (Wildman–Crippen MR) is 188 cm³/mol. The van der Waals surface area contributed by atoms with Gasteiger partial charge in [-0.15, -0.1) is 0 Å². The molecule has 0 aliphatic rings. The van der Waals surface area contributed by atoms with Crippen molar-refractivity contribution in [2.45, 2.75) is 27.7 Å². The van der Waals surface area contributed by atoms with E-state index < -0.39 is 15.8 Å². The highest BCUT2D eigenvalue weighted by atomic mass is 31.1. The molecule has 0 aliphatic carbocycles. The Balaban J connectivity index is 1.63. The quantitative estimate of drug-likeness (QED) is 0.168. The van der Waals surface area contributed by atoms with Gasteiger partial charge in [-0.05, 0) is 109 Å². The van der Waals surface area contributed by atoms with Crippen LogP contribution in [0.3, 0.4) is 0 Å². The van der Waals surface area contributed by atoms with Gasteiger partial charge in [0.1, 0.15) is 0 Å². The van der Waals surface area contributed by atoms with Crippen LogP contribution in [0.25, 0.3) is 11.1 Å². The van der Waals surface area contributed by atoms with Gasteiger partial charge in [0.15, 0.2) is 0 Å². The number of rotatable bonds is 7. The molecule has 6 rings (SSSR count). The first kappa shape index (κ1) is 28.3. The van der Waals surface area contributed by atoms with Crippen molar-refractivity contribution in [3.8, 4) is 11.1 Å². The van der Waals surface area contributed by atoms with Gasteiger partial charge in [0.25, 0.3) is 0 Å². The largest absolute Gasteiger partial charge is 0.0620 e. The maximum absolute atomic E-state index is 2.38. The smallest absolute Gasteiger partial charge is 0.00722 e. The van der Waals surface area contributed by atoms with Gasteiger partial charge in [0.2, 0.25) is 0 Å². The molecule has 0 unspecified atom stereocenters. The van der Waals surface area contributed by atoms with Crippen LogP contribution in [-0.2, 0) is 0 Å². The molecule has 206 valence electrons. The van der Waals surface area contributed by atoms with Gasteiger partial charge >= 0.3 is 0 Å². The van der Waals surface area contributed by atoms with E-state index in [-0.39, 0.29) is 0 Å². The van der Waals surface area contributed by atoms with Crippen LogP contribution in [0.4, 0.5) is 0 Å². The maximum atomic E-state index is 2.38. The van der Waals surface area contributed by atoms with Crippen LogP contribution in [-0.4, -0.2) is 0 Å². The summed E-state index contributed by atoms with van der Waals surface area (Å²) in [7, 11) is -1.55. The average molecular weight is 579 g/mol. The van der Waals surface area contributed by atoms with Gasteiger partial charge in [0.05, 0.1) is 0 Å². The number of benzene rings is 6. The Morgan fingerprint density at radius 3 is 0.738 bits per heavy atom. The Labute approximate surface area is 253 Å². The topological polar surface area (TPSA) is 0 Å². The average Bonchev–Trinajstić information content (AvgIpc) is 3.02. The number of aryl methyl sites for hydroxylation is 4. The van der Waals surface area contributed by atoms with Gasteiger partial charge in [0, 0.05) is 0 Å². The first-order chi connectivity index (χ1) is 20.5. The fraction of sp³-hybridized carbons (Fsp3) is 0.100. The second kappa shape index (κ2) is 12.6. The van der Waals surface area contributed by atoms with E-state index in [1.165, 1.54) is 65.2 Å². The summed E-state index contributed by atoms with van der Waals surface area (Å²) in [5, 5.41) is 8.51. The molecule has 6 aromatic rings. The van der Waals surface area contributed by atoms with Gasteiger partial charge in [-0.3, -0.25) is 0 Å². The summed E-state index contributed by atoms with van der Waals surface area (Å²) in [6.07, 6.45) is 0. The first-order valence-electron chi connectivity index (χ1n) is 14.6. The van der Waals surface area contributed by atoms with Gasteiger partial charge in [-0.1, -0.05) is 146 Å². The third-order valence-electron chi connectivity index (χ3n) is 8.01. The highest BCUT2D eigenvalue weighted by Gasteiger charge is 2.27. The van der Waals surface area contributed by atoms with Crippen LogP contribution >= 0.6 is 15.8 Å². The summed E-state index contributed by atoms with van der Waals surface area (Å²) in [6.45, 7) is 9.04. The van der Waals surface area contributed by atoms with E-state index in [4.69, 9.17) is 0 Å². The Hall–Kier alpha value is -3.82. The van der Waals surface area contributed by atoms with Crippen molar-refractivity contribution in [3.05, 3.63) is 168 Å². The van der Waals surface area contributed by atoms with Crippen LogP contribution in [0.15, 0.2) is 146 Å². The van der Waals surface area contributed by atoms with Crippen LogP contribution in [0.2, 0.25) is 0 Å². The molecule has 0 radical (unpaired) electrons. The maximum Gasteiger partial charge on any atom is -0.00722 e. The van der Waals surface area contributed by atoms with Crippen LogP contribution in [0.1, 0.15) is 22.3 Å². The minimum atomic E-state index is -0.777. The molecule has 0 aliphatic heterocycles. The van der Waals surface area contributed by atoms with Crippen molar-refractivity contribution in [1.82, 2.24) is 0 Å². The molecule has 0 fully saturated rings. The molecule has 42 heavy (non-hydrogen) atoms. The molecule has 0 saturated carbocycles. The van der Waals surface area contributed by atoms with E-state index in [2.05, 4.69) is 173 Å². The van der Waals surface area contributed by atoms with E-state index in [9.17, 15) is 0 Å². The molecule has 2 heteroatoms. The zero-order chi connectivity index (χ0) is 29.1. The molecule has 0 spiro atoms. The fourth-order valence-electron chi connectivity index (χ4n) is 5.83. The molecule has 0 nitrogen and oxygen atoms in total. The summed E-state index contributed by atoms with van der Waals surface area (Å²) in [5.74, 6) is 0. The van der Waals surface area contributed by atoms with E-state index >= 15 is 0 Å². The van der Waals surface area contributed by atoms with E-state index in [0.29, 0.717) is 0 Å². The van der Waals surface area contributed by atoms with Crippen molar-refractivity contribution in [2.24, 2.45) is 0 Å². The fourth-order valence-corrected chi connectivity index (χ4v) is 11.4. The number of hydrogen-bond donors (Lipinski definition) is 0. The molecule has 0 bridgehead atoms. The molecule has 0 N–H and O–H groups in total. The first-order valence-corrected chi connectivity index (χ1v) is 17.2. The molecule has 0 saturated heterocycles. The summed E-state index contributed by atoms with van der Waals surface area (Å²) in [4.78, 5) is 0. The third kappa shape index (κ3) is 5.51. The zero-order valence-corrected chi connectivity index (χ0v) is 26.5. The summed E-state index contributed by atoms with van der Waals surface area (Å²) >= 11 is 0. The molecular weight excluding hydrogens is 542 g/mol. The summed E-state index contributed by atoms with van der Waals surface area (Å²) < 4.78 is 0. The SMILES string of the molecule is Cc1ccccc1P(c1ccccc1C)c1ccccc1-c1ccccc1P(c1ccccc1C)c1ccccc1C. The van der Waals surface area contributed by atoms with Crippen molar-refractivity contribution < 1.29 is 0 Å². The summed E-state index contributed by atoms with van der Waals surface area (Å²) in [5.41, 5.74) is 8.05. The monoisotopic (exact) mass is 578 g/mol. The van der Waals surface area contributed by atoms with Crippen molar-refractivity contribution >= 4 is 47.7 Å². The molecule has 0 atom stereocenters. The lowest BCUT2D eigenvalue weighted by Gasteiger charge is -2.28. The zero-order valence-electron chi connectivity index (χ0n) is 24.8. The van der Waals surface area contributed by atoms with E-state index in [1.54, 1.807) is 0 Å². The lowest BCUT2D eigenvalue weighted by Crippen LogP contribution is -2.28. The highest BCUT2D eigenvalue weighted by Crippen LogP contribution is 2.42. The normalized spacial score (nSPS) is 11.3. The van der Waals surface area contributed by atoms with Crippen LogP contribution in [0.5, 0.6) is 0 Å². The Morgan fingerprint density at radius 1 is 0.262 bits per heavy atom. The molecule has 0 aromatic heterocycles. The Kier molecular flexibility index (Phi) is 8.48. The standard InChI is InChI=1S/C40H36P2/c1-29-17-5-11-23-35(29)41(36-24-12-6-18-30(36)2)39-27-15-9-21-33(39)34-22-10-16-28-40(34)42(37-25-13-7-19-31(37)3)38-26-14-8-20-32(38)4/h5-28H,1-4H3. The van der Waals surface area contributed by atoms with Crippen molar-refractivity contribution in [2.75, 3.05) is 0 Å². The second-order valence-corrected chi connectivity index (χ2v) is 15.1. The molecule has 0 heterocycles. The molecule has 0 amide bonds. The molecule has 6 aromatic carbocycles. The van der Waals surface area contributed by atoms with Gasteiger partial charge in [-0.2, -0.15) is 0 Å².